The highest BCUT2D eigenvalue weighted by Crippen LogP contribution is 2.34. The van der Waals surface area contributed by atoms with E-state index in [9.17, 15) is 10.1 Å². The predicted molar refractivity (Wildman–Crippen MR) is 72.7 cm³/mol. The first-order chi connectivity index (χ1) is 9.02. The fourth-order valence-corrected chi connectivity index (χ4v) is 2.77. The zero-order chi connectivity index (χ0) is 14.2. The fraction of sp³-hybridized carbons (Fsp3) is 0.0833. The van der Waals surface area contributed by atoms with Crippen LogP contribution in [0, 0.1) is 29.6 Å². The maximum Gasteiger partial charge on any atom is 0.289 e. The molecule has 0 bridgehead atoms. The smallest absolute Gasteiger partial charge is 0.289 e. The average Bonchev–Trinajstić information content (AvgIpc) is 2.81. The van der Waals surface area contributed by atoms with E-state index < -0.39 is 5.56 Å². The number of anilines is 1. The second kappa shape index (κ2) is 4.48. The van der Waals surface area contributed by atoms with Crippen molar-refractivity contribution in [2.24, 2.45) is 0 Å². The number of nitrogens with two attached hydrogens (primary N) is 2. The molecule has 7 heteroatoms. The third-order valence-corrected chi connectivity index (χ3v) is 3.80. The predicted octanol–water partition coefficient (Wildman–Crippen LogP) is 0.925. The summed E-state index contributed by atoms with van der Waals surface area (Å²) in [5.41, 5.74) is 5.99. The van der Waals surface area contributed by atoms with Crippen molar-refractivity contribution in [2.75, 3.05) is 11.6 Å². The number of nitrogens with zero attached hydrogens (tertiary/aromatic N) is 3. The summed E-state index contributed by atoms with van der Waals surface area (Å²) >= 11 is 1.34. The van der Waals surface area contributed by atoms with Crippen LogP contribution < -0.4 is 17.1 Å². The molecule has 0 fully saturated rings. The molecular formula is C12H9N5OS. The second-order valence-electron chi connectivity index (χ2n) is 3.84. The van der Waals surface area contributed by atoms with Gasteiger partial charge < -0.3 is 11.6 Å². The fourth-order valence-electron chi connectivity index (χ4n) is 1.78. The number of aromatic nitrogens is 1. The summed E-state index contributed by atoms with van der Waals surface area (Å²) < 4.78 is 0.629. The van der Waals surface area contributed by atoms with E-state index in [1.165, 1.54) is 11.3 Å². The van der Waals surface area contributed by atoms with E-state index in [1.807, 2.05) is 30.5 Å². The lowest BCUT2D eigenvalue weighted by Gasteiger charge is -2.11. The monoisotopic (exact) mass is 271 g/mol. The summed E-state index contributed by atoms with van der Waals surface area (Å²) in [5, 5.41) is 20.2. The highest BCUT2D eigenvalue weighted by molar-refractivity contribution is 7.13. The number of nitrogen functional groups attached to an aromatic ring is 2. The lowest BCUT2D eigenvalue weighted by molar-refractivity contribution is 0.942. The van der Waals surface area contributed by atoms with Crippen molar-refractivity contribution in [3.63, 3.8) is 0 Å². The maximum absolute atomic E-state index is 11.9. The van der Waals surface area contributed by atoms with Gasteiger partial charge in [0.05, 0.1) is 0 Å². The standard InChI is InChI=1S/C12H9N5OS/c1-6-2-3-19-10(6)9-7(4-13)11(15)17(16)12(18)8(9)5-14/h2-3H,15-16H2,1H3. The Morgan fingerprint density at radius 2 is 1.95 bits per heavy atom. The number of thiophene rings is 1. The molecule has 0 aromatic carbocycles. The van der Waals surface area contributed by atoms with Gasteiger partial charge in [-0.25, -0.2) is 4.68 Å². The van der Waals surface area contributed by atoms with Crippen LogP contribution in [0.15, 0.2) is 16.2 Å². The van der Waals surface area contributed by atoms with Gasteiger partial charge in [-0.2, -0.15) is 10.5 Å². The third kappa shape index (κ3) is 1.73. The Hall–Kier alpha value is -2.77. The van der Waals surface area contributed by atoms with E-state index in [1.54, 1.807) is 0 Å². The van der Waals surface area contributed by atoms with E-state index in [4.69, 9.17) is 16.8 Å². The Balaban J connectivity index is 3.04. The molecule has 6 nitrogen and oxygen atoms in total. The normalized spacial score (nSPS) is 9.84. The van der Waals surface area contributed by atoms with E-state index in [0.29, 0.717) is 9.55 Å². The molecule has 0 saturated heterocycles. The molecule has 0 saturated carbocycles. The summed E-state index contributed by atoms with van der Waals surface area (Å²) in [6.45, 7) is 1.83. The van der Waals surface area contributed by atoms with E-state index in [-0.39, 0.29) is 22.5 Å². The van der Waals surface area contributed by atoms with Crippen molar-refractivity contribution in [1.82, 2.24) is 4.68 Å². The van der Waals surface area contributed by atoms with E-state index >= 15 is 0 Å². The molecule has 4 N–H and O–H groups in total. The minimum atomic E-state index is -0.707. The maximum atomic E-state index is 11.9. The van der Waals surface area contributed by atoms with Gasteiger partial charge in [0.15, 0.2) is 0 Å². The van der Waals surface area contributed by atoms with Crippen molar-refractivity contribution in [3.05, 3.63) is 38.5 Å². The molecule has 0 unspecified atom stereocenters. The topological polar surface area (TPSA) is 122 Å². The summed E-state index contributed by atoms with van der Waals surface area (Å²) in [5.74, 6) is 5.33. The summed E-state index contributed by atoms with van der Waals surface area (Å²) in [6, 6.07) is 5.56. The lowest BCUT2D eigenvalue weighted by atomic mass is 10.0. The average molecular weight is 271 g/mol. The molecule has 2 heterocycles. The molecule has 2 aromatic heterocycles. The van der Waals surface area contributed by atoms with Crippen LogP contribution in [-0.2, 0) is 0 Å². The zero-order valence-electron chi connectivity index (χ0n) is 9.97. The number of aryl methyl sites for hydroxylation is 1. The van der Waals surface area contributed by atoms with Crippen molar-refractivity contribution in [1.29, 1.82) is 10.5 Å². The van der Waals surface area contributed by atoms with Gasteiger partial charge in [0, 0.05) is 10.4 Å². The minimum absolute atomic E-state index is 0.0456. The third-order valence-electron chi connectivity index (χ3n) is 2.76. The van der Waals surface area contributed by atoms with Crippen LogP contribution in [0.4, 0.5) is 5.82 Å². The quantitative estimate of drug-likeness (QED) is 0.747. The molecule has 0 spiro atoms. The van der Waals surface area contributed by atoms with Gasteiger partial charge in [0.2, 0.25) is 0 Å². The zero-order valence-corrected chi connectivity index (χ0v) is 10.8. The SMILES string of the molecule is Cc1ccsc1-c1c(C#N)c(N)n(N)c(=O)c1C#N. The number of nitriles is 2. The number of pyridine rings is 1. The van der Waals surface area contributed by atoms with Crippen molar-refractivity contribution in [3.8, 4) is 22.6 Å². The van der Waals surface area contributed by atoms with Crippen LogP contribution in [0.3, 0.4) is 0 Å². The van der Waals surface area contributed by atoms with E-state index in [0.717, 1.165) is 5.56 Å². The van der Waals surface area contributed by atoms with Crippen molar-refractivity contribution < 1.29 is 0 Å². The van der Waals surface area contributed by atoms with Crippen LogP contribution in [0.5, 0.6) is 0 Å². The molecule has 0 radical (unpaired) electrons. The summed E-state index contributed by atoms with van der Waals surface area (Å²) in [4.78, 5) is 12.6. The first-order valence-corrected chi connectivity index (χ1v) is 6.09. The largest absolute Gasteiger partial charge is 0.382 e. The lowest BCUT2D eigenvalue weighted by Crippen LogP contribution is -2.33. The molecule has 2 rings (SSSR count). The highest BCUT2D eigenvalue weighted by Gasteiger charge is 2.22. The molecule has 2 aromatic rings. The van der Waals surface area contributed by atoms with Crippen LogP contribution >= 0.6 is 11.3 Å². The molecule has 0 aliphatic heterocycles. The van der Waals surface area contributed by atoms with E-state index in [2.05, 4.69) is 0 Å². The Morgan fingerprint density at radius 1 is 1.32 bits per heavy atom. The summed E-state index contributed by atoms with van der Waals surface area (Å²) in [6.07, 6.45) is 0. The number of rotatable bonds is 1. The molecule has 0 aliphatic carbocycles. The van der Waals surface area contributed by atoms with Gasteiger partial charge in [0.1, 0.15) is 29.1 Å². The number of hydrogen-bond donors (Lipinski definition) is 2. The molecule has 19 heavy (non-hydrogen) atoms. The molecular weight excluding hydrogens is 262 g/mol. The highest BCUT2D eigenvalue weighted by atomic mass is 32.1. The Kier molecular flexibility index (Phi) is 2.99. The van der Waals surface area contributed by atoms with Gasteiger partial charge in [-0.1, -0.05) is 0 Å². The van der Waals surface area contributed by atoms with Crippen LogP contribution in [-0.4, -0.2) is 4.68 Å². The second-order valence-corrected chi connectivity index (χ2v) is 4.76. The van der Waals surface area contributed by atoms with Gasteiger partial charge >= 0.3 is 0 Å². The van der Waals surface area contributed by atoms with Crippen molar-refractivity contribution in [2.45, 2.75) is 6.92 Å². The first kappa shape index (κ1) is 12.7. The van der Waals surface area contributed by atoms with Gasteiger partial charge in [-0.05, 0) is 23.9 Å². The first-order valence-electron chi connectivity index (χ1n) is 5.21. The van der Waals surface area contributed by atoms with Gasteiger partial charge in [0.25, 0.3) is 5.56 Å². The van der Waals surface area contributed by atoms with Crippen LogP contribution in [0.1, 0.15) is 16.7 Å². The molecule has 0 atom stereocenters. The molecule has 94 valence electrons. The van der Waals surface area contributed by atoms with Crippen LogP contribution in [0.2, 0.25) is 0 Å². The van der Waals surface area contributed by atoms with Crippen LogP contribution in [0.25, 0.3) is 10.4 Å². The minimum Gasteiger partial charge on any atom is -0.382 e. The Labute approximate surface area is 112 Å². The van der Waals surface area contributed by atoms with Crippen molar-refractivity contribution >= 4 is 17.2 Å². The Morgan fingerprint density at radius 3 is 2.42 bits per heavy atom. The number of hydrogen-bond acceptors (Lipinski definition) is 6. The molecule has 0 aliphatic rings. The van der Waals surface area contributed by atoms with Gasteiger partial charge in [-0.3, -0.25) is 4.79 Å². The van der Waals surface area contributed by atoms with Gasteiger partial charge in [-0.15, -0.1) is 11.3 Å². The summed E-state index contributed by atoms with van der Waals surface area (Å²) in [7, 11) is 0. The molecule has 0 amide bonds. The Bertz CT molecular complexity index is 803.